The van der Waals surface area contributed by atoms with Crippen molar-refractivity contribution in [2.45, 2.75) is 32.5 Å². The number of halogens is 3. The average molecular weight is 308 g/mol. The molecule has 0 bridgehead atoms. The molecule has 1 atom stereocenters. The topological polar surface area (TPSA) is 58.1 Å². The molecule has 0 aliphatic carbocycles. The Morgan fingerprint density at radius 3 is 2.75 bits per heavy atom. The molecule has 1 fully saturated rings. The van der Waals surface area contributed by atoms with E-state index in [0.29, 0.717) is 31.0 Å². The zero-order valence-corrected chi connectivity index (χ0v) is 11.9. The van der Waals surface area contributed by atoms with Crippen molar-refractivity contribution >= 4 is 22.6 Å². The Kier molecular flexibility index (Phi) is 4.17. The van der Waals surface area contributed by atoms with Crippen LogP contribution in [0.4, 0.5) is 18.3 Å². The Bertz CT molecular complexity index is 488. The molecular weight excluding hydrogens is 293 g/mol. The first-order chi connectivity index (χ1) is 9.29. The number of hydrogen-bond acceptors (Lipinski definition) is 5. The molecule has 1 unspecified atom stereocenters. The van der Waals surface area contributed by atoms with E-state index in [1.807, 2.05) is 13.8 Å². The third kappa shape index (κ3) is 3.20. The smallest absolute Gasteiger partial charge is 0.353 e. The summed E-state index contributed by atoms with van der Waals surface area (Å²) in [6, 6.07) is -0.488. The van der Waals surface area contributed by atoms with Gasteiger partial charge >= 0.3 is 6.18 Å². The SMILES string of the molecule is CC(C)CC1C(=O)NCCN1c1nc(C(F)(F)F)ns1. The van der Waals surface area contributed by atoms with Crippen LogP contribution in [0.5, 0.6) is 0 Å². The Labute approximate surface area is 118 Å². The number of nitrogens with zero attached hydrogens (tertiary/aromatic N) is 3. The molecule has 112 valence electrons. The molecule has 0 saturated carbocycles. The number of piperazine rings is 1. The fraction of sp³-hybridized carbons (Fsp3) is 0.727. The molecule has 0 radical (unpaired) electrons. The molecule has 0 spiro atoms. The number of rotatable bonds is 3. The largest absolute Gasteiger partial charge is 0.452 e. The number of amides is 1. The molecule has 1 N–H and O–H groups in total. The first-order valence-corrected chi connectivity index (χ1v) is 7.01. The summed E-state index contributed by atoms with van der Waals surface area (Å²) in [6.07, 6.45) is -3.99. The Morgan fingerprint density at radius 1 is 1.50 bits per heavy atom. The second kappa shape index (κ2) is 5.55. The van der Waals surface area contributed by atoms with Crippen LogP contribution in [0.25, 0.3) is 0 Å². The van der Waals surface area contributed by atoms with Gasteiger partial charge in [-0.2, -0.15) is 22.5 Å². The minimum atomic E-state index is -4.56. The number of alkyl halides is 3. The van der Waals surface area contributed by atoms with E-state index in [9.17, 15) is 18.0 Å². The highest BCUT2D eigenvalue weighted by Gasteiger charge is 2.38. The first-order valence-electron chi connectivity index (χ1n) is 6.24. The van der Waals surface area contributed by atoms with Crippen LogP contribution < -0.4 is 10.2 Å². The summed E-state index contributed by atoms with van der Waals surface area (Å²) in [5.74, 6) is -1.07. The van der Waals surface area contributed by atoms with Crippen LogP contribution in [0.1, 0.15) is 26.1 Å². The molecule has 1 aromatic heterocycles. The monoisotopic (exact) mass is 308 g/mol. The van der Waals surface area contributed by atoms with E-state index in [-0.39, 0.29) is 17.0 Å². The second-order valence-corrected chi connectivity index (χ2v) is 5.76. The van der Waals surface area contributed by atoms with Crippen LogP contribution in [0, 0.1) is 5.92 Å². The fourth-order valence-corrected chi connectivity index (χ4v) is 2.83. The zero-order valence-electron chi connectivity index (χ0n) is 11.1. The minimum absolute atomic E-state index is 0.151. The zero-order chi connectivity index (χ0) is 14.9. The molecule has 0 aromatic carbocycles. The standard InChI is InChI=1S/C11H15F3N4OS/c1-6(2)5-7-8(19)15-3-4-18(7)10-16-9(17-20-10)11(12,13)14/h6-7H,3-5H2,1-2H3,(H,15,19). The lowest BCUT2D eigenvalue weighted by molar-refractivity contribution is -0.144. The molecule has 5 nitrogen and oxygen atoms in total. The lowest BCUT2D eigenvalue weighted by Crippen LogP contribution is -2.55. The van der Waals surface area contributed by atoms with E-state index in [0.717, 1.165) is 0 Å². The summed E-state index contributed by atoms with van der Waals surface area (Å²) in [7, 11) is 0. The Morgan fingerprint density at radius 2 is 2.20 bits per heavy atom. The average Bonchev–Trinajstić information content (AvgIpc) is 2.80. The number of carbonyl (C=O) groups excluding carboxylic acids is 1. The van der Waals surface area contributed by atoms with Gasteiger partial charge in [0.25, 0.3) is 0 Å². The quantitative estimate of drug-likeness (QED) is 0.926. The van der Waals surface area contributed by atoms with E-state index >= 15 is 0 Å². The molecule has 2 rings (SSSR count). The van der Waals surface area contributed by atoms with Gasteiger partial charge in [0, 0.05) is 24.6 Å². The highest BCUT2D eigenvalue weighted by molar-refractivity contribution is 7.09. The maximum atomic E-state index is 12.5. The number of hydrogen-bond donors (Lipinski definition) is 1. The van der Waals surface area contributed by atoms with Crippen LogP contribution in [0.3, 0.4) is 0 Å². The maximum Gasteiger partial charge on any atom is 0.452 e. The van der Waals surface area contributed by atoms with E-state index in [1.165, 1.54) is 0 Å². The fourth-order valence-electron chi connectivity index (χ4n) is 2.07. The van der Waals surface area contributed by atoms with Gasteiger partial charge in [-0.05, 0) is 12.3 Å². The summed E-state index contributed by atoms with van der Waals surface area (Å²) in [4.78, 5) is 17.0. The van der Waals surface area contributed by atoms with Crippen LogP contribution in [-0.2, 0) is 11.0 Å². The molecule has 1 amide bonds. The van der Waals surface area contributed by atoms with Crippen molar-refractivity contribution in [3.8, 4) is 0 Å². The van der Waals surface area contributed by atoms with Crippen molar-refractivity contribution in [2.75, 3.05) is 18.0 Å². The first kappa shape index (κ1) is 15.0. The van der Waals surface area contributed by atoms with E-state index < -0.39 is 18.0 Å². The second-order valence-electron chi connectivity index (χ2n) is 5.03. The van der Waals surface area contributed by atoms with Gasteiger partial charge in [-0.3, -0.25) is 4.79 Å². The third-order valence-corrected chi connectivity index (χ3v) is 3.69. The normalized spacial score (nSPS) is 20.4. The Hall–Kier alpha value is -1.38. The van der Waals surface area contributed by atoms with Crippen molar-refractivity contribution in [2.24, 2.45) is 5.92 Å². The summed E-state index contributed by atoms with van der Waals surface area (Å²) >= 11 is 0.681. The van der Waals surface area contributed by atoms with Crippen molar-refractivity contribution in [3.63, 3.8) is 0 Å². The van der Waals surface area contributed by atoms with Gasteiger partial charge in [0.05, 0.1) is 0 Å². The number of carbonyl (C=O) groups is 1. The lowest BCUT2D eigenvalue weighted by atomic mass is 10.0. The molecule has 1 saturated heterocycles. The van der Waals surface area contributed by atoms with Gasteiger partial charge in [0.15, 0.2) is 0 Å². The lowest BCUT2D eigenvalue weighted by Gasteiger charge is -2.35. The van der Waals surface area contributed by atoms with Crippen LogP contribution in [0.15, 0.2) is 0 Å². The molecule has 1 aromatic rings. The van der Waals surface area contributed by atoms with E-state index in [4.69, 9.17) is 0 Å². The number of aromatic nitrogens is 2. The van der Waals surface area contributed by atoms with Gasteiger partial charge in [0.1, 0.15) is 6.04 Å². The van der Waals surface area contributed by atoms with Crippen molar-refractivity contribution in [1.82, 2.24) is 14.7 Å². The molecular formula is C11H15F3N4OS. The van der Waals surface area contributed by atoms with E-state index in [2.05, 4.69) is 14.7 Å². The summed E-state index contributed by atoms with van der Waals surface area (Å²) < 4.78 is 40.9. The summed E-state index contributed by atoms with van der Waals surface area (Å²) in [5.41, 5.74) is 0. The van der Waals surface area contributed by atoms with Crippen molar-refractivity contribution in [3.05, 3.63) is 5.82 Å². The number of nitrogens with one attached hydrogen (secondary N) is 1. The molecule has 20 heavy (non-hydrogen) atoms. The van der Waals surface area contributed by atoms with Crippen molar-refractivity contribution < 1.29 is 18.0 Å². The summed E-state index contributed by atoms with van der Waals surface area (Å²) in [6.45, 7) is 4.76. The van der Waals surface area contributed by atoms with Gasteiger partial charge in [-0.15, -0.1) is 0 Å². The van der Waals surface area contributed by atoms with Gasteiger partial charge < -0.3 is 10.2 Å². The molecule has 9 heteroatoms. The van der Waals surface area contributed by atoms with E-state index in [1.54, 1.807) is 4.90 Å². The Balaban J connectivity index is 2.24. The van der Waals surface area contributed by atoms with Gasteiger partial charge in [-0.25, -0.2) is 0 Å². The van der Waals surface area contributed by atoms with Crippen LogP contribution in [-0.4, -0.2) is 34.4 Å². The molecule has 1 aliphatic heterocycles. The highest BCUT2D eigenvalue weighted by atomic mass is 32.1. The minimum Gasteiger partial charge on any atom is -0.353 e. The van der Waals surface area contributed by atoms with Gasteiger partial charge in [-0.1, -0.05) is 13.8 Å². The molecule has 1 aliphatic rings. The van der Waals surface area contributed by atoms with Gasteiger partial charge in [0.2, 0.25) is 16.9 Å². The maximum absolute atomic E-state index is 12.5. The summed E-state index contributed by atoms with van der Waals surface area (Å²) in [5, 5.41) is 2.88. The highest BCUT2D eigenvalue weighted by Crippen LogP contribution is 2.31. The van der Waals surface area contributed by atoms with Crippen LogP contribution >= 0.6 is 11.5 Å². The molecule has 2 heterocycles. The third-order valence-electron chi connectivity index (χ3n) is 2.94. The predicted molar refractivity (Wildman–Crippen MR) is 68.5 cm³/mol. The van der Waals surface area contributed by atoms with Crippen molar-refractivity contribution in [1.29, 1.82) is 0 Å². The number of anilines is 1. The predicted octanol–water partition coefficient (Wildman–Crippen LogP) is 1.91. The van der Waals surface area contributed by atoms with Crippen LogP contribution in [0.2, 0.25) is 0 Å².